The third-order valence-corrected chi connectivity index (χ3v) is 8.84. The molecule has 4 aromatic carbocycles. The van der Waals surface area contributed by atoms with Crippen LogP contribution in [0.2, 0.25) is 0 Å². The normalized spacial score (nSPS) is 19.9. The van der Waals surface area contributed by atoms with Crippen molar-refractivity contribution >= 4 is 34.4 Å². The van der Waals surface area contributed by atoms with E-state index < -0.39 is 6.29 Å². The third-order valence-electron chi connectivity index (χ3n) is 7.69. The van der Waals surface area contributed by atoms with Gasteiger partial charge in [0.1, 0.15) is 11.4 Å². The lowest BCUT2D eigenvalue weighted by Crippen LogP contribution is -2.38. The molecule has 0 bridgehead atoms. The fraction of sp³-hybridized carbons (Fsp3) is 0.229. The molecule has 8 nitrogen and oxygen atoms in total. The van der Waals surface area contributed by atoms with Gasteiger partial charge in [-0.3, -0.25) is 9.78 Å². The van der Waals surface area contributed by atoms with E-state index in [1.807, 2.05) is 97.1 Å². The molecule has 9 heteroatoms. The zero-order valence-corrected chi connectivity index (χ0v) is 25.2. The average Bonchev–Trinajstić information content (AvgIpc) is 3.08. The van der Waals surface area contributed by atoms with E-state index in [0.717, 1.165) is 32.9 Å². The van der Waals surface area contributed by atoms with Crippen molar-refractivity contribution in [2.24, 2.45) is 5.92 Å². The quantitative estimate of drug-likeness (QED) is 0.173. The molecule has 0 saturated carbocycles. The summed E-state index contributed by atoms with van der Waals surface area (Å²) < 4.78 is 18.8. The van der Waals surface area contributed by atoms with E-state index in [2.05, 4.69) is 22.2 Å². The molecule has 0 spiro atoms. The van der Waals surface area contributed by atoms with Crippen LogP contribution >= 0.6 is 11.8 Å². The number of thioether (sulfide) groups is 1. The van der Waals surface area contributed by atoms with E-state index >= 15 is 0 Å². The standard InChI is InChI=1S/C35H33N3O5S/c1-22-31(21-44-32-13-6-5-12-30(32)41-2)42-35(43-33(22)24-16-14-23(20-39)15-17-24)25-8-7-9-26(18-25)37-34(40)29-19-36-27-10-3-4-11-28(27)38-29/h3-19,22,31,33,35,39H,20-21H2,1-2H3,(H,37,40). The minimum Gasteiger partial charge on any atom is -0.496 e. The summed E-state index contributed by atoms with van der Waals surface area (Å²) in [5.41, 5.74) is 4.84. The Hall–Kier alpha value is -4.28. The van der Waals surface area contributed by atoms with Crippen LogP contribution in [0.1, 0.15) is 46.5 Å². The molecule has 1 aliphatic rings. The number of carbonyl (C=O) groups is 1. The van der Waals surface area contributed by atoms with Crippen LogP contribution in [0.25, 0.3) is 11.0 Å². The highest BCUT2D eigenvalue weighted by Gasteiger charge is 2.38. The van der Waals surface area contributed by atoms with Gasteiger partial charge in [-0.15, -0.1) is 11.8 Å². The van der Waals surface area contributed by atoms with Crippen molar-refractivity contribution in [3.8, 4) is 5.75 Å². The Kier molecular flexibility index (Phi) is 9.18. The van der Waals surface area contributed by atoms with Gasteiger partial charge < -0.3 is 24.6 Å². The number of hydrogen-bond acceptors (Lipinski definition) is 8. The summed E-state index contributed by atoms with van der Waals surface area (Å²) in [6.07, 6.45) is 0.398. The summed E-state index contributed by atoms with van der Waals surface area (Å²) in [6, 6.07) is 30.7. The Balaban J connectivity index is 1.24. The molecule has 0 aliphatic carbocycles. The maximum absolute atomic E-state index is 13.1. The predicted octanol–water partition coefficient (Wildman–Crippen LogP) is 6.97. The van der Waals surface area contributed by atoms with Crippen LogP contribution < -0.4 is 10.1 Å². The minimum absolute atomic E-state index is 0.0193. The predicted molar refractivity (Wildman–Crippen MR) is 171 cm³/mol. The highest BCUT2D eigenvalue weighted by Crippen LogP contribution is 2.44. The highest BCUT2D eigenvalue weighted by molar-refractivity contribution is 7.99. The molecule has 5 aromatic rings. The molecule has 2 heterocycles. The number of para-hydroxylation sites is 3. The van der Waals surface area contributed by atoms with Gasteiger partial charge in [0.25, 0.3) is 5.91 Å². The first kappa shape index (κ1) is 29.8. The van der Waals surface area contributed by atoms with Gasteiger partial charge in [-0.1, -0.05) is 67.6 Å². The molecule has 2 N–H and O–H groups in total. The fourth-order valence-electron chi connectivity index (χ4n) is 5.24. The van der Waals surface area contributed by atoms with E-state index in [-0.39, 0.29) is 36.3 Å². The van der Waals surface area contributed by atoms with Crippen molar-refractivity contribution in [2.75, 3.05) is 18.2 Å². The largest absolute Gasteiger partial charge is 0.496 e. The Morgan fingerprint density at radius 1 is 0.932 bits per heavy atom. The van der Waals surface area contributed by atoms with Crippen molar-refractivity contribution < 1.29 is 24.1 Å². The second kappa shape index (κ2) is 13.6. The molecule has 1 fully saturated rings. The van der Waals surface area contributed by atoms with Crippen molar-refractivity contribution in [3.63, 3.8) is 0 Å². The number of anilines is 1. The number of nitrogens with one attached hydrogen (secondary N) is 1. The number of aromatic nitrogens is 2. The molecule has 44 heavy (non-hydrogen) atoms. The van der Waals surface area contributed by atoms with Crippen molar-refractivity contribution in [1.82, 2.24) is 9.97 Å². The van der Waals surface area contributed by atoms with Gasteiger partial charge in [0.2, 0.25) is 0 Å². The topological polar surface area (TPSA) is 103 Å². The van der Waals surface area contributed by atoms with E-state index in [1.54, 1.807) is 18.9 Å². The summed E-state index contributed by atoms with van der Waals surface area (Å²) in [5.74, 6) is 1.18. The summed E-state index contributed by atoms with van der Waals surface area (Å²) >= 11 is 1.68. The molecule has 6 rings (SSSR count). The number of fused-ring (bicyclic) bond motifs is 1. The lowest BCUT2D eigenvalue weighted by molar-refractivity contribution is -0.268. The number of ether oxygens (including phenoxy) is 3. The first-order valence-corrected chi connectivity index (χ1v) is 15.4. The molecular weight excluding hydrogens is 574 g/mol. The van der Waals surface area contributed by atoms with Crippen LogP contribution in [0.5, 0.6) is 5.75 Å². The van der Waals surface area contributed by atoms with Crippen LogP contribution in [-0.4, -0.2) is 39.9 Å². The Morgan fingerprint density at radius 2 is 1.70 bits per heavy atom. The molecule has 224 valence electrons. The number of methoxy groups -OCH3 is 1. The minimum atomic E-state index is -0.672. The zero-order chi connectivity index (χ0) is 30.5. The summed E-state index contributed by atoms with van der Waals surface area (Å²) in [4.78, 5) is 23.0. The number of aliphatic hydroxyl groups is 1. The SMILES string of the molecule is COc1ccccc1SCC1OC(c2cccc(NC(=O)c3cnc4ccccc4n3)c2)OC(c2ccc(CO)cc2)C1C. The Labute approximate surface area is 260 Å². The molecule has 1 saturated heterocycles. The fourth-order valence-corrected chi connectivity index (χ4v) is 6.44. The van der Waals surface area contributed by atoms with Gasteiger partial charge in [-0.25, -0.2) is 4.98 Å². The number of hydrogen-bond donors (Lipinski definition) is 2. The van der Waals surface area contributed by atoms with Gasteiger partial charge in [0.15, 0.2) is 6.29 Å². The van der Waals surface area contributed by atoms with Gasteiger partial charge in [-0.2, -0.15) is 0 Å². The molecule has 1 aliphatic heterocycles. The average molecular weight is 608 g/mol. The van der Waals surface area contributed by atoms with Crippen LogP contribution in [0, 0.1) is 5.92 Å². The summed E-state index contributed by atoms with van der Waals surface area (Å²) in [5, 5.41) is 12.5. The molecule has 1 aromatic heterocycles. The lowest BCUT2D eigenvalue weighted by Gasteiger charge is -2.41. The molecule has 4 unspecified atom stereocenters. The van der Waals surface area contributed by atoms with E-state index in [0.29, 0.717) is 17.0 Å². The van der Waals surface area contributed by atoms with E-state index in [9.17, 15) is 9.90 Å². The first-order valence-electron chi connectivity index (χ1n) is 14.4. The molecular formula is C35H33N3O5S. The molecule has 4 atom stereocenters. The van der Waals surface area contributed by atoms with Crippen LogP contribution in [0.3, 0.4) is 0 Å². The van der Waals surface area contributed by atoms with Crippen LogP contribution in [-0.2, 0) is 16.1 Å². The Morgan fingerprint density at radius 3 is 2.50 bits per heavy atom. The van der Waals surface area contributed by atoms with Crippen molar-refractivity contribution in [2.45, 2.75) is 36.9 Å². The molecule has 0 radical (unpaired) electrons. The van der Waals surface area contributed by atoms with E-state index in [4.69, 9.17) is 14.2 Å². The number of nitrogens with zero attached hydrogens (tertiary/aromatic N) is 2. The first-order chi connectivity index (χ1) is 21.5. The van der Waals surface area contributed by atoms with Crippen molar-refractivity contribution in [1.29, 1.82) is 0 Å². The number of carbonyl (C=O) groups excluding carboxylic acids is 1. The van der Waals surface area contributed by atoms with E-state index in [1.165, 1.54) is 6.20 Å². The van der Waals surface area contributed by atoms with Crippen LogP contribution in [0.4, 0.5) is 5.69 Å². The highest BCUT2D eigenvalue weighted by atomic mass is 32.2. The number of amides is 1. The van der Waals surface area contributed by atoms with Gasteiger partial charge in [0.05, 0.1) is 43.2 Å². The van der Waals surface area contributed by atoms with Gasteiger partial charge >= 0.3 is 0 Å². The van der Waals surface area contributed by atoms with Gasteiger partial charge in [-0.05, 0) is 47.5 Å². The molecule has 1 amide bonds. The van der Waals surface area contributed by atoms with Crippen LogP contribution in [0.15, 0.2) is 108 Å². The lowest BCUT2D eigenvalue weighted by atomic mass is 9.91. The smallest absolute Gasteiger partial charge is 0.275 e. The van der Waals surface area contributed by atoms with Gasteiger partial charge in [0, 0.05) is 27.8 Å². The number of rotatable bonds is 9. The second-order valence-corrected chi connectivity index (χ2v) is 11.7. The monoisotopic (exact) mass is 607 g/mol. The Bertz CT molecular complexity index is 1750. The maximum atomic E-state index is 13.1. The number of aliphatic hydroxyl groups excluding tert-OH is 1. The second-order valence-electron chi connectivity index (χ2n) is 10.6. The van der Waals surface area contributed by atoms with Crippen molar-refractivity contribution in [3.05, 3.63) is 126 Å². The third kappa shape index (κ3) is 6.61. The summed E-state index contributed by atoms with van der Waals surface area (Å²) in [7, 11) is 1.67. The summed E-state index contributed by atoms with van der Waals surface area (Å²) in [6.45, 7) is 2.12. The maximum Gasteiger partial charge on any atom is 0.275 e. The number of benzene rings is 4. The zero-order valence-electron chi connectivity index (χ0n) is 24.4.